The minimum atomic E-state index is -3.74. The maximum absolute atomic E-state index is 13.5. The van der Waals surface area contributed by atoms with Gasteiger partial charge in [0.15, 0.2) is 0 Å². The summed E-state index contributed by atoms with van der Waals surface area (Å²) >= 11 is 0. The summed E-state index contributed by atoms with van der Waals surface area (Å²) in [6.45, 7) is 4.33. The molecule has 0 saturated carbocycles. The number of pyridine rings is 1. The predicted molar refractivity (Wildman–Crippen MR) is 137 cm³/mol. The summed E-state index contributed by atoms with van der Waals surface area (Å²) in [5, 5.41) is 9.81. The molecule has 194 valence electrons. The van der Waals surface area contributed by atoms with Crippen molar-refractivity contribution >= 4 is 15.9 Å². The lowest BCUT2D eigenvalue weighted by Gasteiger charge is -2.37. The summed E-state index contributed by atoms with van der Waals surface area (Å²) in [6, 6.07) is 9.40. The molecule has 10 heteroatoms. The van der Waals surface area contributed by atoms with Crippen LogP contribution in [0.4, 0.5) is 0 Å². The van der Waals surface area contributed by atoms with Crippen LogP contribution in [0.1, 0.15) is 29.8 Å². The fraction of sp³-hybridized carbons (Fsp3) is 0.462. The van der Waals surface area contributed by atoms with Crippen LogP contribution in [0.25, 0.3) is 0 Å². The molecule has 0 unspecified atom stereocenters. The molecule has 9 nitrogen and oxygen atoms in total. The van der Waals surface area contributed by atoms with Gasteiger partial charge in [-0.3, -0.25) is 9.69 Å². The third kappa shape index (κ3) is 6.42. The number of aliphatic hydroxyl groups is 1. The number of sulfonamides is 1. The minimum absolute atomic E-state index is 0.0550. The van der Waals surface area contributed by atoms with Crippen LogP contribution >= 0.6 is 0 Å². The second kappa shape index (κ2) is 11.8. The standard InChI is InChI=1S/C26H34N4O5S/c1-19-16-30(20(2)18-31)26(32)23-14-21(10-9-13-28(3)4)15-27-25(23)35-24(19)17-29(5)36(33,34)22-11-7-6-8-12-22/h6-8,11-12,14-15,19-20,24,31H,13,16-18H2,1-5H3/t19-,20+,24+/m0/s1. The van der Waals surface area contributed by atoms with Gasteiger partial charge in [0.05, 0.1) is 30.6 Å². The van der Waals surface area contributed by atoms with Crippen molar-refractivity contribution < 1.29 is 23.1 Å². The summed E-state index contributed by atoms with van der Waals surface area (Å²) in [4.78, 5) is 21.6. The fourth-order valence-electron chi connectivity index (χ4n) is 3.81. The molecule has 1 aliphatic rings. The SMILES string of the molecule is C[C@H](CO)N1C[C@H](C)[C@@H](CN(C)S(=O)(=O)c2ccccc2)Oc2ncc(C#CCN(C)C)cc2C1=O. The molecule has 0 fully saturated rings. The molecular formula is C26H34N4O5S. The number of benzene rings is 1. The third-order valence-corrected chi connectivity index (χ3v) is 7.88. The van der Waals surface area contributed by atoms with E-state index in [9.17, 15) is 18.3 Å². The molecule has 1 amide bonds. The molecule has 2 aromatic rings. The van der Waals surface area contributed by atoms with Crippen LogP contribution in [-0.4, -0.2) is 98.1 Å². The molecule has 1 aromatic heterocycles. The molecule has 1 N–H and O–H groups in total. The molecule has 0 saturated heterocycles. The second-order valence-electron chi connectivity index (χ2n) is 9.34. The van der Waals surface area contributed by atoms with E-state index >= 15 is 0 Å². The molecule has 2 heterocycles. The Kier molecular flexibility index (Phi) is 9.08. The van der Waals surface area contributed by atoms with Gasteiger partial charge in [-0.2, -0.15) is 4.31 Å². The van der Waals surface area contributed by atoms with Crippen LogP contribution in [-0.2, 0) is 10.0 Å². The number of amides is 1. The zero-order valence-corrected chi connectivity index (χ0v) is 22.2. The van der Waals surface area contributed by atoms with Gasteiger partial charge in [0.1, 0.15) is 11.7 Å². The zero-order chi connectivity index (χ0) is 26.5. The Morgan fingerprint density at radius 2 is 1.94 bits per heavy atom. The van der Waals surface area contributed by atoms with Crippen LogP contribution in [0, 0.1) is 17.8 Å². The number of aromatic nitrogens is 1. The Bertz CT molecular complexity index is 1220. The quantitative estimate of drug-likeness (QED) is 0.559. The van der Waals surface area contributed by atoms with Gasteiger partial charge in [-0.05, 0) is 39.2 Å². The first kappa shape index (κ1) is 27.6. The fourth-order valence-corrected chi connectivity index (χ4v) is 5.02. The number of carbonyl (C=O) groups is 1. The van der Waals surface area contributed by atoms with Crippen LogP contribution < -0.4 is 4.74 Å². The zero-order valence-electron chi connectivity index (χ0n) is 21.4. The van der Waals surface area contributed by atoms with Gasteiger partial charge < -0.3 is 14.7 Å². The first-order valence-corrected chi connectivity index (χ1v) is 13.2. The molecule has 1 aromatic carbocycles. The van der Waals surface area contributed by atoms with Crippen molar-refractivity contribution in [3.8, 4) is 17.7 Å². The number of likely N-dealkylation sites (N-methyl/N-ethyl adjacent to an activating group) is 1. The number of fused-ring (bicyclic) bond motifs is 1. The van der Waals surface area contributed by atoms with E-state index < -0.39 is 22.2 Å². The van der Waals surface area contributed by atoms with E-state index in [0.29, 0.717) is 12.1 Å². The highest BCUT2D eigenvalue weighted by atomic mass is 32.2. The highest BCUT2D eigenvalue weighted by Gasteiger charge is 2.35. The van der Waals surface area contributed by atoms with Gasteiger partial charge in [0, 0.05) is 31.3 Å². The lowest BCUT2D eigenvalue weighted by Crippen LogP contribution is -2.50. The van der Waals surface area contributed by atoms with Gasteiger partial charge in [0.25, 0.3) is 5.91 Å². The van der Waals surface area contributed by atoms with Crippen molar-refractivity contribution in [1.82, 2.24) is 19.1 Å². The highest BCUT2D eigenvalue weighted by molar-refractivity contribution is 7.89. The van der Waals surface area contributed by atoms with E-state index in [0.717, 1.165) is 0 Å². The van der Waals surface area contributed by atoms with Crippen LogP contribution in [0.5, 0.6) is 5.88 Å². The third-order valence-electron chi connectivity index (χ3n) is 6.04. The Hall–Kier alpha value is -2.97. The van der Waals surface area contributed by atoms with E-state index in [1.165, 1.54) is 11.4 Å². The number of nitrogens with zero attached hydrogens (tertiary/aromatic N) is 4. The lowest BCUT2D eigenvalue weighted by molar-refractivity contribution is 0.0373. The topological polar surface area (TPSA) is 103 Å². The molecule has 1 aliphatic heterocycles. The molecule has 0 spiro atoms. The Morgan fingerprint density at radius 1 is 1.25 bits per heavy atom. The van der Waals surface area contributed by atoms with Gasteiger partial charge in [-0.25, -0.2) is 13.4 Å². The molecule has 0 radical (unpaired) electrons. The van der Waals surface area contributed by atoms with Crippen LogP contribution in [0.3, 0.4) is 0 Å². The van der Waals surface area contributed by atoms with Crippen molar-refractivity contribution in [1.29, 1.82) is 0 Å². The Balaban J connectivity index is 1.97. The summed E-state index contributed by atoms with van der Waals surface area (Å²) in [7, 11) is 1.59. The van der Waals surface area contributed by atoms with Crippen molar-refractivity contribution in [2.24, 2.45) is 5.92 Å². The number of rotatable bonds is 7. The van der Waals surface area contributed by atoms with E-state index in [4.69, 9.17) is 4.74 Å². The minimum Gasteiger partial charge on any atom is -0.472 e. The average Bonchev–Trinajstić information content (AvgIpc) is 2.86. The van der Waals surface area contributed by atoms with Crippen molar-refractivity contribution in [2.75, 3.05) is 47.4 Å². The summed E-state index contributed by atoms with van der Waals surface area (Å²) in [5.74, 6) is 5.60. The Morgan fingerprint density at radius 3 is 2.58 bits per heavy atom. The molecule has 0 bridgehead atoms. The maximum Gasteiger partial charge on any atom is 0.259 e. The van der Waals surface area contributed by atoms with Gasteiger partial charge in [0.2, 0.25) is 15.9 Å². The van der Waals surface area contributed by atoms with E-state index in [1.54, 1.807) is 54.4 Å². The predicted octanol–water partition coefficient (Wildman–Crippen LogP) is 1.54. The van der Waals surface area contributed by atoms with E-state index in [2.05, 4.69) is 16.8 Å². The molecule has 0 aliphatic carbocycles. The van der Waals surface area contributed by atoms with E-state index in [1.807, 2.05) is 25.9 Å². The summed E-state index contributed by atoms with van der Waals surface area (Å²) in [5.41, 5.74) is 0.801. The average molecular weight is 515 g/mol. The largest absolute Gasteiger partial charge is 0.472 e. The Labute approximate surface area is 213 Å². The van der Waals surface area contributed by atoms with Crippen LogP contribution in [0.15, 0.2) is 47.5 Å². The summed E-state index contributed by atoms with van der Waals surface area (Å²) in [6.07, 6.45) is 0.953. The van der Waals surface area contributed by atoms with Crippen molar-refractivity contribution in [3.05, 3.63) is 53.7 Å². The molecule has 36 heavy (non-hydrogen) atoms. The van der Waals surface area contributed by atoms with Gasteiger partial charge in [-0.15, -0.1) is 0 Å². The highest BCUT2D eigenvalue weighted by Crippen LogP contribution is 2.28. The second-order valence-corrected chi connectivity index (χ2v) is 11.4. The van der Waals surface area contributed by atoms with Crippen molar-refractivity contribution in [2.45, 2.75) is 30.9 Å². The van der Waals surface area contributed by atoms with Gasteiger partial charge >= 0.3 is 0 Å². The number of ether oxygens (including phenoxy) is 1. The molecular weight excluding hydrogens is 480 g/mol. The van der Waals surface area contributed by atoms with E-state index in [-0.39, 0.29) is 47.9 Å². The first-order valence-electron chi connectivity index (χ1n) is 11.8. The number of hydrogen-bond acceptors (Lipinski definition) is 7. The van der Waals surface area contributed by atoms with Crippen molar-refractivity contribution in [3.63, 3.8) is 0 Å². The number of hydrogen-bond donors (Lipinski definition) is 1. The number of carbonyl (C=O) groups excluding carboxylic acids is 1. The maximum atomic E-state index is 13.5. The number of aliphatic hydroxyl groups excluding tert-OH is 1. The first-order chi connectivity index (χ1) is 17.0. The monoisotopic (exact) mass is 514 g/mol. The molecule has 3 atom stereocenters. The summed E-state index contributed by atoms with van der Waals surface area (Å²) < 4.78 is 33.7. The molecule has 3 rings (SSSR count). The normalized spacial score (nSPS) is 19.1. The van der Waals surface area contributed by atoms with Gasteiger partial charge in [-0.1, -0.05) is 37.0 Å². The smallest absolute Gasteiger partial charge is 0.259 e. The lowest BCUT2D eigenvalue weighted by atomic mass is 10.0. The van der Waals surface area contributed by atoms with Crippen LogP contribution in [0.2, 0.25) is 0 Å².